The molecule has 1 aromatic rings. The van der Waals surface area contributed by atoms with Crippen molar-refractivity contribution in [3.05, 3.63) is 35.4 Å². The van der Waals surface area contributed by atoms with E-state index in [1.54, 1.807) is 12.1 Å². The van der Waals surface area contributed by atoms with E-state index in [1.165, 1.54) is 12.8 Å². The van der Waals surface area contributed by atoms with Gasteiger partial charge in [-0.25, -0.2) is 0 Å². The van der Waals surface area contributed by atoms with Crippen LogP contribution in [0.25, 0.3) is 0 Å². The topological polar surface area (TPSA) is 58.2 Å². The summed E-state index contributed by atoms with van der Waals surface area (Å²) < 4.78 is 0. The number of amides is 2. The van der Waals surface area contributed by atoms with Crippen LogP contribution in [-0.2, 0) is 4.79 Å². The number of benzene rings is 1. The SMILES string of the molecule is Cc1ccc(C(=O)NNC(=O)C2CC3CCC2C3)cc1. The fraction of sp³-hybridized carbons (Fsp3) is 0.500. The Kier molecular flexibility index (Phi) is 3.47. The Balaban J connectivity index is 1.53. The number of carbonyl (C=O) groups excluding carboxylic acids is 2. The van der Waals surface area contributed by atoms with Crippen LogP contribution in [-0.4, -0.2) is 11.8 Å². The summed E-state index contributed by atoms with van der Waals surface area (Å²) in [4.78, 5) is 24.0. The molecule has 1 aromatic carbocycles. The molecule has 2 fully saturated rings. The van der Waals surface area contributed by atoms with E-state index in [2.05, 4.69) is 10.9 Å². The van der Waals surface area contributed by atoms with E-state index in [9.17, 15) is 9.59 Å². The van der Waals surface area contributed by atoms with Gasteiger partial charge in [0.05, 0.1) is 0 Å². The van der Waals surface area contributed by atoms with Crippen LogP contribution in [0.3, 0.4) is 0 Å². The Morgan fingerprint density at radius 2 is 1.80 bits per heavy atom. The first kappa shape index (κ1) is 13.2. The van der Waals surface area contributed by atoms with Crippen molar-refractivity contribution in [3.8, 4) is 0 Å². The van der Waals surface area contributed by atoms with Crippen molar-refractivity contribution >= 4 is 11.8 Å². The van der Waals surface area contributed by atoms with Crippen LogP contribution in [0.2, 0.25) is 0 Å². The summed E-state index contributed by atoms with van der Waals surface area (Å²) in [6.07, 6.45) is 4.60. The van der Waals surface area contributed by atoms with Crippen molar-refractivity contribution in [1.82, 2.24) is 10.9 Å². The monoisotopic (exact) mass is 272 g/mol. The molecule has 2 amide bonds. The number of carbonyl (C=O) groups is 2. The van der Waals surface area contributed by atoms with Gasteiger partial charge in [-0.1, -0.05) is 24.1 Å². The molecule has 0 aromatic heterocycles. The van der Waals surface area contributed by atoms with E-state index in [4.69, 9.17) is 0 Å². The standard InChI is InChI=1S/C16H20N2O2/c1-10-2-5-12(6-3-10)15(19)17-18-16(20)14-9-11-4-7-13(14)8-11/h2-3,5-6,11,13-14H,4,7-9H2,1H3,(H,17,19)(H,18,20). The van der Waals surface area contributed by atoms with E-state index < -0.39 is 0 Å². The minimum atomic E-state index is -0.262. The predicted octanol–water partition coefficient (Wildman–Crippen LogP) is 2.19. The highest BCUT2D eigenvalue weighted by Gasteiger charge is 2.43. The van der Waals surface area contributed by atoms with Gasteiger partial charge in [-0.2, -0.15) is 0 Å². The van der Waals surface area contributed by atoms with Gasteiger partial charge in [0, 0.05) is 11.5 Å². The summed E-state index contributed by atoms with van der Waals surface area (Å²) in [5.41, 5.74) is 6.76. The first-order valence-electron chi connectivity index (χ1n) is 7.30. The number of hydrazine groups is 1. The van der Waals surface area contributed by atoms with Crippen LogP contribution >= 0.6 is 0 Å². The number of aryl methyl sites for hydroxylation is 1. The number of hydrogen-bond acceptors (Lipinski definition) is 2. The highest BCUT2D eigenvalue weighted by atomic mass is 16.2. The molecule has 0 saturated heterocycles. The molecule has 2 N–H and O–H groups in total. The molecule has 4 nitrogen and oxygen atoms in total. The normalized spacial score (nSPS) is 27.4. The molecule has 0 spiro atoms. The molecular formula is C16H20N2O2. The molecule has 0 radical (unpaired) electrons. The summed E-state index contributed by atoms with van der Waals surface area (Å²) in [6.45, 7) is 1.97. The van der Waals surface area contributed by atoms with Gasteiger partial charge in [-0.05, 0) is 50.2 Å². The van der Waals surface area contributed by atoms with Crippen LogP contribution < -0.4 is 10.9 Å². The Labute approximate surface area is 118 Å². The van der Waals surface area contributed by atoms with Gasteiger partial charge in [0.1, 0.15) is 0 Å². The number of nitrogens with one attached hydrogen (secondary N) is 2. The van der Waals surface area contributed by atoms with Gasteiger partial charge < -0.3 is 0 Å². The maximum Gasteiger partial charge on any atom is 0.269 e. The van der Waals surface area contributed by atoms with E-state index >= 15 is 0 Å². The first-order valence-corrected chi connectivity index (χ1v) is 7.30. The minimum Gasteiger partial charge on any atom is -0.273 e. The first-order chi connectivity index (χ1) is 9.63. The molecule has 4 heteroatoms. The Morgan fingerprint density at radius 1 is 1.05 bits per heavy atom. The zero-order valence-corrected chi connectivity index (χ0v) is 11.7. The van der Waals surface area contributed by atoms with Crippen LogP contribution in [0.5, 0.6) is 0 Å². The number of hydrogen-bond donors (Lipinski definition) is 2. The lowest BCUT2D eigenvalue weighted by Gasteiger charge is -2.20. The molecule has 0 aliphatic heterocycles. The molecule has 2 bridgehead atoms. The van der Waals surface area contributed by atoms with Crippen molar-refractivity contribution in [3.63, 3.8) is 0 Å². The van der Waals surface area contributed by atoms with E-state index in [0.717, 1.165) is 24.3 Å². The lowest BCUT2D eigenvalue weighted by atomic mass is 9.88. The van der Waals surface area contributed by atoms with E-state index in [-0.39, 0.29) is 17.7 Å². The average Bonchev–Trinajstić information content (AvgIpc) is 3.08. The van der Waals surface area contributed by atoms with Crippen molar-refractivity contribution in [2.45, 2.75) is 32.6 Å². The van der Waals surface area contributed by atoms with Crippen LogP contribution in [0.15, 0.2) is 24.3 Å². The largest absolute Gasteiger partial charge is 0.273 e. The van der Waals surface area contributed by atoms with Crippen molar-refractivity contribution in [2.24, 2.45) is 17.8 Å². The fourth-order valence-electron chi connectivity index (χ4n) is 3.55. The van der Waals surface area contributed by atoms with Gasteiger partial charge in [0.25, 0.3) is 5.91 Å². The summed E-state index contributed by atoms with van der Waals surface area (Å²) >= 11 is 0. The molecule has 106 valence electrons. The molecule has 20 heavy (non-hydrogen) atoms. The maximum atomic E-state index is 12.1. The summed E-state index contributed by atoms with van der Waals surface area (Å²) in [5.74, 6) is 1.05. The highest BCUT2D eigenvalue weighted by molar-refractivity contribution is 5.95. The number of fused-ring (bicyclic) bond motifs is 2. The van der Waals surface area contributed by atoms with Crippen molar-refractivity contribution in [2.75, 3.05) is 0 Å². The Morgan fingerprint density at radius 3 is 2.40 bits per heavy atom. The second-order valence-corrected chi connectivity index (χ2v) is 6.09. The molecule has 3 unspecified atom stereocenters. The molecule has 2 aliphatic rings. The molecule has 0 heterocycles. The number of rotatable bonds is 2. The molecular weight excluding hydrogens is 252 g/mol. The molecule has 2 aliphatic carbocycles. The third-order valence-electron chi connectivity index (χ3n) is 4.69. The lowest BCUT2D eigenvalue weighted by molar-refractivity contribution is -0.127. The second kappa shape index (κ2) is 5.27. The minimum absolute atomic E-state index is 0.0299. The maximum absolute atomic E-state index is 12.1. The summed E-state index contributed by atoms with van der Waals surface area (Å²) in [6, 6.07) is 7.28. The predicted molar refractivity (Wildman–Crippen MR) is 75.7 cm³/mol. The molecule has 2 saturated carbocycles. The van der Waals surface area contributed by atoms with E-state index in [1.807, 2.05) is 19.1 Å². The quantitative estimate of drug-likeness (QED) is 0.811. The zero-order valence-electron chi connectivity index (χ0n) is 11.7. The summed E-state index contributed by atoms with van der Waals surface area (Å²) in [7, 11) is 0. The van der Waals surface area contributed by atoms with Crippen LogP contribution in [0, 0.1) is 24.7 Å². The van der Waals surface area contributed by atoms with Crippen molar-refractivity contribution in [1.29, 1.82) is 0 Å². The summed E-state index contributed by atoms with van der Waals surface area (Å²) in [5, 5.41) is 0. The van der Waals surface area contributed by atoms with Gasteiger partial charge >= 0.3 is 0 Å². The second-order valence-electron chi connectivity index (χ2n) is 6.09. The lowest BCUT2D eigenvalue weighted by Crippen LogP contribution is -2.45. The van der Waals surface area contributed by atoms with E-state index in [0.29, 0.717) is 11.5 Å². The zero-order chi connectivity index (χ0) is 14.1. The smallest absolute Gasteiger partial charge is 0.269 e. The van der Waals surface area contributed by atoms with Gasteiger partial charge in [-0.15, -0.1) is 0 Å². The van der Waals surface area contributed by atoms with Gasteiger partial charge in [0.2, 0.25) is 5.91 Å². The van der Waals surface area contributed by atoms with Crippen molar-refractivity contribution < 1.29 is 9.59 Å². The van der Waals surface area contributed by atoms with Gasteiger partial charge in [-0.3, -0.25) is 20.4 Å². The Hall–Kier alpha value is -1.84. The molecule has 3 atom stereocenters. The van der Waals surface area contributed by atoms with Gasteiger partial charge in [0.15, 0.2) is 0 Å². The Bertz CT molecular complexity index is 524. The third kappa shape index (κ3) is 2.55. The molecule has 3 rings (SSSR count). The van der Waals surface area contributed by atoms with Crippen LogP contribution in [0.1, 0.15) is 41.6 Å². The van der Waals surface area contributed by atoms with Crippen LogP contribution in [0.4, 0.5) is 0 Å². The average molecular weight is 272 g/mol. The fourth-order valence-corrected chi connectivity index (χ4v) is 3.55. The third-order valence-corrected chi connectivity index (χ3v) is 4.69. The highest BCUT2D eigenvalue weighted by Crippen LogP contribution is 2.48.